The van der Waals surface area contributed by atoms with Crippen LogP contribution in [0.4, 0.5) is 0 Å². The normalized spacial score (nSPS) is 21.5. The van der Waals surface area contributed by atoms with Gasteiger partial charge in [-0.3, -0.25) is 9.59 Å². The topological polar surface area (TPSA) is 49.4 Å². The number of halogens is 1. The molecule has 4 nitrogen and oxygen atoms in total. The van der Waals surface area contributed by atoms with E-state index < -0.39 is 0 Å². The molecule has 0 unspecified atom stereocenters. The van der Waals surface area contributed by atoms with Crippen LogP contribution in [0, 0.1) is 0 Å². The molecule has 2 fully saturated rings. The Balaban J connectivity index is 1.48. The van der Waals surface area contributed by atoms with E-state index in [2.05, 4.69) is 23.5 Å². The molecule has 0 radical (unpaired) electrons. The third-order valence-corrected chi connectivity index (χ3v) is 5.41. The van der Waals surface area contributed by atoms with Crippen molar-refractivity contribution in [1.82, 2.24) is 10.2 Å². The number of likely N-dealkylation sites (tertiary alicyclic amines) is 1. The minimum absolute atomic E-state index is 0.0594. The van der Waals surface area contributed by atoms with Gasteiger partial charge in [-0.15, -0.1) is 0 Å². The van der Waals surface area contributed by atoms with Crippen LogP contribution in [0.1, 0.15) is 41.6 Å². The highest BCUT2D eigenvalue weighted by atomic mass is 35.5. The molecule has 2 saturated heterocycles. The molecule has 1 aromatic rings. The summed E-state index contributed by atoms with van der Waals surface area (Å²) < 4.78 is 0. The molecule has 1 aliphatic carbocycles. The zero-order valence-electron chi connectivity index (χ0n) is 13.3. The molecular formula is C19H19ClN2O2. The van der Waals surface area contributed by atoms with E-state index in [4.69, 9.17) is 11.6 Å². The van der Waals surface area contributed by atoms with Crippen LogP contribution in [-0.2, 0) is 4.79 Å². The molecule has 124 valence electrons. The minimum Gasteiger partial charge on any atom is -0.347 e. The number of hydrogen-bond donors (Lipinski definition) is 1. The number of rotatable bonds is 2. The molecule has 0 bridgehead atoms. The van der Waals surface area contributed by atoms with Crippen molar-refractivity contribution in [3.63, 3.8) is 0 Å². The Morgan fingerprint density at radius 1 is 1.25 bits per heavy atom. The van der Waals surface area contributed by atoms with Crippen LogP contribution < -0.4 is 5.32 Å². The summed E-state index contributed by atoms with van der Waals surface area (Å²) >= 11 is 6.38. The fourth-order valence-electron chi connectivity index (χ4n) is 3.74. The van der Waals surface area contributed by atoms with Gasteiger partial charge in [0, 0.05) is 19.5 Å². The third kappa shape index (κ3) is 2.65. The number of carbonyl (C=O) groups excluding carboxylic acids is 2. The fraction of sp³-hybridized carbons (Fsp3) is 0.368. The second kappa shape index (κ2) is 5.78. The van der Waals surface area contributed by atoms with E-state index in [1.54, 1.807) is 4.90 Å². The van der Waals surface area contributed by atoms with Crippen LogP contribution >= 0.6 is 11.6 Å². The van der Waals surface area contributed by atoms with Gasteiger partial charge in [-0.2, -0.15) is 0 Å². The van der Waals surface area contributed by atoms with Gasteiger partial charge in [0.05, 0.1) is 16.1 Å². The number of allylic oxidation sites excluding steroid dienone is 4. The molecule has 0 atom stereocenters. The monoisotopic (exact) mass is 342 g/mol. The summed E-state index contributed by atoms with van der Waals surface area (Å²) in [5.74, 6) is 0.0233. The van der Waals surface area contributed by atoms with Crippen LogP contribution in [0.5, 0.6) is 0 Å². The van der Waals surface area contributed by atoms with Crippen molar-refractivity contribution < 1.29 is 9.59 Å². The van der Waals surface area contributed by atoms with Crippen molar-refractivity contribution in [3.8, 4) is 0 Å². The van der Waals surface area contributed by atoms with Crippen molar-refractivity contribution in [3.05, 3.63) is 52.6 Å². The van der Waals surface area contributed by atoms with E-state index in [0.717, 1.165) is 24.8 Å². The molecule has 3 aliphatic rings. The third-order valence-electron chi connectivity index (χ3n) is 5.09. The number of benzene rings is 1. The lowest BCUT2D eigenvalue weighted by molar-refractivity contribution is -0.120. The Kier molecular flexibility index (Phi) is 3.72. The molecule has 0 saturated carbocycles. The van der Waals surface area contributed by atoms with Crippen LogP contribution in [0.25, 0.3) is 5.57 Å². The van der Waals surface area contributed by atoms with Crippen LogP contribution in [0.15, 0.2) is 36.4 Å². The number of nitrogens with one attached hydrogen (secondary N) is 1. The largest absolute Gasteiger partial charge is 0.347 e. The van der Waals surface area contributed by atoms with Gasteiger partial charge < -0.3 is 10.2 Å². The zero-order valence-corrected chi connectivity index (χ0v) is 14.1. The molecule has 24 heavy (non-hydrogen) atoms. The lowest BCUT2D eigenvalue weighted by Crippen LogP contribution is -2.68. The highest BCUT2D eigenvalue weighted by molar-refractivity contribution is 6.34. The molecule has 4 rings (SSSR count). The molecule has 2 heterocycles. The average molecular weight is 343 g/mol. The molecule has 1 spiro atoms. The van der Waals surface area contributed by atoms with E-state index in [-0.39, 0.29) is 17.4 Å². The Bertz CT molecular complexity index is 776. The van der Waals surface area contributed by atoms with E-state index in [9.17, 15) is 9.59 Å². The van der Waals surface area contributed by atoms with Gasteiger partial charge in [0.1, 0.15) is 0 Å². The first-order valence-corrected chi connectivity index (χ1v) is 8.70. The summed E-state index contributed by atoms with van der Waals surface area (Å²) in [5.41, 5.74) is 2.66. The maximum absolute atomic E-state index is 12.7. The number of hydrogen-bond acceptors (Lipinski definition) is 2. The summed E-state index contributed by atoms with van der Waals surface area (Å²) in [6.45, 7) is 1.15. The molecule has 5 heteroatoms. The summed E-state index contributed by atoms with van der Waals surface area (Å²) in [7, 11) is 0. The highest BCUT2D eigenvalue weighted by Gasteiger charge is 2.49. The van der Waals surface area contributed by atoms with E-state index in [1.165, 1.54) is 5.57 Å². The summed E-state index contributed by atoms with van der Waals surface area (Å²) in [4.78, 5) is 25.8. The second-order valence-corrected chi connectivity index (χ2v) is 7.25. The van der Waals surface area contributed by atoms with E-state index in [1.807, 2.05) is 18.2 Å². The smallest absolute Gasteiger partial charge is 0.255 e. The van der Waals surface area contributed by atoms with Crippen LogP contribution in [0.2, 0.25) is 5.02 Å². The molecule has 1 aromatic carbocycles. The first-order valence-electron chi connectivity index (χ1n) is 8.32. The van der Waals surface area contributed by atoms with Gasteiger partial charge in [-0.25, -0.2) is 0 Å². The molecule has 2 amide bonds. The van der Waals surface area contributed by atoms with Gasteiger partial charge in [0.15, 0.2) is 0 Å². The van der Waals surface area contributed by atoms with Gasteiger partial charge in [0.2, 0.25) is 5.91 Å². The zero-order chi connectivity index (χ0) is 16.7. The fourth-order valence-corrected chi connectivity index (χ4v) is 4.00. The molecule has 1 N–H and O–H groups in total. The van der Waals surface area contributed by atoms with Crippen molar-refractivity contribution in [2.45, 2.75) is 31.2 Å². The number of amides is 2. The number of nitrogens with zero attached hydrogens (tertiary/aromatic N) is 1. The lowest BCUT2D eigenvalue weighted by Gasteiger charge is -2.47. The molecular weight excluding hydrogens is 324 g/mol. The van der Waals surface area contributed by atoms with Crippen molar-refractivity contribution >= 4 is 29.0 Å². The SMILES string of the molecule is O=C1CCC2(CN(C(=O)c3ccc(C4=CC=CCC4)cc3Cl)C2)N1. The Morgan fingerprint density at radius 3 is 2.71 bits per heavy atom. The Hall–Kier alpha value is -2.07. The maximum atomic E-state index is 12.7. The van der Waals surface area contributed by atoms with Gasteiger partial charge in [0.25, 0.3) is 5.91 Å². The maximum Gasteiger partial charge on any atom is 0.255 e. The van der Waals surface area contributed by atoms with Crippen molar-refractivity contribution in [2.75, 3.05) is 13.1 Å². The van der Waals surface area contributed by atoms with Crippen LogP contribution in [0.3, 0.4) is 0 Å². The lowest BCUT2D eigenvalue weighted by atomic mass is 9.87. The average Bonchev–Trinajstić information content (AvgIpc) is 2.96. The number of carbonyl (C=O) groups is 2. The van der Waals surface area contributed by atoms with Gasteiger partial charge in [-0.1, -0.05) is 35.9 Å². The first kappa shape index (κ1) is 15.5. The second-order valence-electron chi connectivity index (χ2n) is 6.84. The van der Waals surface area contributed by atoms with Crippen LogP contribution in [-0.4, -0.2) is 35.3 Å². The van der Waals surface area contributed by atoms with Crippen molar-refractivity contribution in [2.24, 2.45) is 0 Å². The van der Waals surface area contributed by atoms with Gasteiger partial charge >= 0.3 is 0 Å². The summed E-state index contributed by atoms with van der Waals surface area (Å²) in [6.07, 6.45) is 9.69. The van der Waals surface area contributed by atoms with Gasteiger partial charge in [-0.05, 0) is 42.5 Å². The highest BCUT2D eigenvalue weighted by Crippen LogP contribution is 2.33. The van der Waals surface area contributed by atoms with E-state index >= 15 is 0 Å². The van der Waals surface area contributed by atoms with Crippen molar-refractivity contribution in [1.29, 1.82) is 0 Å². The predicted molar refractivity (Wildman–Crippen MR) is 93.8 cm³/mol. The Morgan fingerprint density at radius 2 is 2.08 bits per heavy atom. The molecule has 2 aliphatic heterocycles. The summed E-state index contributed by atoms with van der Waals surface area (Å²) in [5, 5.41) is 3.48. The first-order chi connectivity index (χ1) is 11.6. The minimum atomic E-state index is -0.196. The summed E-state index contributed by atoms with van der Waals surface area (Å²) in [6, 6.07) is 5.67. The van der Waals surface area contributed by atoms with E-state index in [0.29, 0.717) is 30.1 Å². The predicted octanol–water partition coefficient (Wildman–Crippen LogP) is 3.18. The molecule has 0 aromatic heterocycles. The standard InChI is InChI=1S/C19H19ClN2O2/c20-16-10-14(13-4-2-1-3-5-13)6-7-15(16)18(24)22-11-19(12-22)9-8-17(23)21-19/h1-2,4,6-7,10H,3,5,8-9,11-12H2,(H,21,23). The Labute approximate surface area is 146 Å². The quantitative estimate of drug-likeness (QED) is 0.897.